The maximum absolute atomic E-state index is 11.9. The minimum atomic E-state index is -0.939. The van der Waals surface area contributed by atoms with E-state index in [0.29, 0.717) is 0 Å². The smallest absolute Gasteiger partial charge is 0.404 e. The SMILES string of the molecule is CNc1c(C(=O)NCCOC(N)=O)cccc1[N+](=O)[O-]. The fraction of sp³-hybridized carbons (Fsp3) is 0.273. The Hall–Kier alpha value is -2.84. The number of nitrogens with two attached hydrogens (primary N) is 1. The number of nitrogens with one attached hydrogen (secondary N) is 2. The number of amides is 2. The van der Waals surface area contributed by atoms with E-state index in [1.54, 1.807) is 0 Å². The van der Waals surface area contributed by atoms with Gasteiger partial charge in [0.05, 0.1) is 17.0 Å². The van der Waals surface area contributed by atoms with Crippen LogP contribution in [-0.2, 0) is 4.74 Å². The molecular formula is C11H14N4O5. The Morgan fingerprint density at radius 2 is 2.15 bits per heavy atom. The lowest BCUT2D eigenvalue weighted by Crippen LogP contribution is -2.29. The molecule has 0 aromatic heterocycles. The lowest BCUT2D eigenvalue weighted by molar-refractivity contribution is -0.384. The number of rotatable bonds is 6. The summed E-state index contributed by atoms with van der Waals surface area (Å²) < 4.78 is 4.45. The first-order valence-electron chi connectivity index (χ1n) is 5.63. The quantitative estimate of drug-likeness (QED) is 0.394. The number of ether oxygens (including phenoxy) is 1. The van der Waals surface area contributed by atoms with Gasteiger partial charge in [-0.3, -0.25) is 14.9 Å². The Morgan fingerprint density at radius 3 is 2.70 bits per heavy atom. The van der Waals surface area contributed by atoms with Crippen LogP contribution in [0.5, 0.6) is 0 Å². The summed E-state index contributed by atoms with van der Waals surface area (Å²) in [5.41, 5.74) is 4.80. The number of hydrogen-bond donors (Lipinski definition) is 3. The first-order chi connectivity index (χ1) is 9.47. The number of carbonyl (C=O) groups is 2. The zero-order chi connectivity index (χ0) is 15.1. The normalized spacial score (nSPS) is 9.65. The van der Waals surface area contributed by atoms with Gasteiger partial charge in [0.15, 0.2) is 0 Å². The lowest BCUT2D eigenvalue weighted by Gasteiger charge is -2.10. The van der Waals surface area contributed by atoms with Gasteiger partial charge >= 0.3 is 6.09 Å². The van der Waals surface area contributed by atoms with Crippen molar-refractivity contribution in [3.05, 3.63) is 33.9 Å². The molecule has 0 bridgehead atoms. The summed E-state index contributed by atoms with van der Waals surface area (Å²) >= 11 is 0. The Morgan fingerprint density at radius 1 is 1.45 bits per heavy atom. The standard InChI is InChI=1S/C11H14N4O5/c1-13-9-7(3-2-4-8(9)15(18)19)10(16)14-5-6-20-11(12)17/h2-4,13H,5-6H2,1H3,(H2,12,17)(H,14,16). The molecule has 4 N–H and O–H groups in total. The predicted molar refractivity (Wildman–Crippen MR) is 70.5 cm³/mol. The number of anilines is 1. The second-order valence-electron chi connectivity index (χ2n) is 3.63. The molecule has 20 heavy (non-hydrogen) atoms. The van der Waals surface area contributed by atoms with Crippen LogP contribution in [0.15, 0.2) is 18.2 Å². The van der Waals surface area contributed by atoms with E-state index in [4.69, 9.17) is 5.73 Å². The molecule has 9 heteroatoms. The van der Waals surface area contributed by atoms with Gasteiger partial charge in [0, 0.05) is 13.1 Å². The number of benzene rings is 1. The molecule has 1 aromatic carbocycles. The van der Waals surface area contributed by atoms with E-state index in [1.165, 1.54) is 25.2 Å². The summed E-state index contributed by atoms with van der Waals surface area (Å²) in [6.45, 7) is -0.0293. The number of carbonyl (C=O) groups excluding carboxylic acids is 2. The van der Waals surface area contributed by atoms with Crippen molar-refractivity contribution in [2.45, 2.75) is 0 Å². The van der Waals surface area contributed by atoms with Gasteiger partial charge in [0.2, 0.25) is 0 Å². The van der Waals surface area contributed by atoms with Crippen LogP contribution in [0.2, 0.25) is 0 Å². The number of nitro groups is 1. The molecule has 1 rings (SSSR count). The maximum atomic E-state index is 11.9. The molecule has 2 amide bonds. The van der Waals surface area contributed by atoms with E-state index in [1.807, 2.05) is 0 Å². The van der Waals surface area contributed by atoms with Crippen LogP contribution >= 0.6 is 0 Å². The van der Waals surface area contributed by atoms with E-state index in [9.17, 15) is 19.7 Å². The third-order valence-electron chi connectivity index (χ3n) is 2.37. The van der Waals surface area contributed by atoms with E-state index in [0.717, 1.165) is 0 Å². The van der Waals surface area contributed by atoms with Crippen molar-refractivity contribution in [2.75, 3.05) is 25.5 Å². The summed E-state index contributed by atoms with van der Waals surface area (Å²) in [5, 5.41) is 15.9. The summed E-state index contributed by atoms with van der Waals surface area (Å²) in [5.74, 6) is -0.522. The number of nitrogens with zero attached hydrogens (tertiary/aromatic N) is 1. The first-order valence-corrected chi connectivity index (χ1v) is 5.63. The van der Waals surface area contributed by atoms with Crippen LogP contribution in [0.3, 0.4) is 0 Å². The highest BCUT2D eigenvalue weighted by molar-refractivity contribution is 6.01. The lowest BCUT2D eigenvalue weighted by atomic mass is 10.1. The molecule has 9 nitrogen and oxygen atoms in total. The Kier molecular flexibility index (Phi) is 5.27. The van der Waals surface area contributed by atoms with Gasteiger partial charge in [-0.15, -0.1) is 0 Å². The molecular weight excluding hydrogens is 268 g/mol. The van der Waals surface area contributed by atoms with Crippen molar-refractivity contribution in [1.82, 2.24) is 5.32 Å². The van der Waals surface area contributed by atoms with Crippen molar-refractivity contribution in [2.24, 2.45) is 5.73 Å². The van der Waals surface area contributed by atoms with Gasteiger partial charge < -0.3 is 21.1 Å². The molecule has 0 fully saturated rings. The second-order valence-corrected chi connectivity index (χ2v) is 3.63. The Balaban J connectivity index is 2.80. The average molecular weight is 282 g/mol. The summed E-state index contributed by atoms with van der Waals surface area (Å²) in [4.78, 5) is 32.5. The van der Waals surface area contributed by atoms with Crippen LogP contribution in [0, 0.1) is 10.1 Å². The molecule has 0 heterocycles. The molecule has 0 saturated heterocycles. The fourth-order valence-corrected chi connectivity index (χ4v) is 1.56. The highest BCUT2D eigenvalue weighted by Crippen LogP contribution is 2.27. The van der Waals surface area contributed by atoms with Gasteiger partial charge in [-0.05, 0) is 6.07 Å². The zero-order valence-corrected chi connectivity index (χ0v) is 10.7. The van der Waals surface area contributed by atoms with Crippen LogP contribution in [0.1, 0.15) is 10.4 Å². The largest absolute Gasteiger partial charge is 0.448 e. The van der Waals surface area contributed by atoms with Crippen molar-refractivity contribution in [3.63, 3.8) is 0 Å². The highest BCUT2D eigenvalue weighted by Gasteiger charge is 2.20. The third kappa shape index (κ3) is 3.83. The Bertz CT molecular complexity index is 532. The van der Waals surface area contributed by atoms with Gasteiger partial charge in [0.25, 0.3) is 11.6 Å². The number of primary amides is 1. The summed E-state index contributed by atoms with van der Waals surface area (Å²) in [6, 6.07) is 4.15. The second kappa shape index (κ2) is 6.92. The van der Waals surface area contributed by atoms with Crippen molar-refractivity contribution < 1.29 is 19.2 Å². The van der Waals surface area contributed by atoms with Gasteiger partial charge in [0.1, 0.15) is 12.3 Å². The van der Waals surface area contributed by atoms with Crippen molar-refractivity contribution >= 4 is 23.4 Å². The van der Waals surface area contributed by atoms with E-state index in [2.05, 4.69) is 15.4 Å². The zero-order valence-electron chi connectivity index (χ0n) is 10.7. The van der Waals surface area contributed by atoms with Crippen molar-refractivity contribution in [1.29, 1.82) is 0 Å². The minimum Gasteiger partial charge on any atom is -0.448 e. The molecule has 0 aliphatic heterocycles. The van der Waals surface area contributed by atoms with E-state index in [-0.39, 0.29) is 30.1 Å². The molecule has 0 unspecified atom stereocenters. The van der Waals surface area contributed by atoms with E-state index >= 15 is 0 Å². The number of para-hydroxylation sites is 1. The van der Waals surface area contributed by atoms with Gasteiger partial charge in [-0.2, -0.15) is 0 Å². The third-order valence-corrected chi connectivity index (χ3v) is 2.37. The molecule has 0 saturated carbocycles. The molecule has 0 aliphatic carbocycles. The topological polar surface area (TPSA) is 137 Å². The van der Waals surface area contributed by atoms with Gasteiger partial charge in [-0.25, -0.2) is 4.79 Å². The molecule has 108 valence electrons. The first kappa shape index (κ1) is 15.2. The average Bonchev–Trinajstić information content (AvgIpc) is 2.42. The van der Waals surface area contributed by atoms with Crippen LogP contribution < -0.4 is 16.4 Å². The van der Waals surface area contributed by atoms with Crippen LogP contribution in [-0.4, -0.2) is 37.1 Å². The molecule has 0 spiro atoms. The minimum absolute atomic E-state index is 0.0492. The molecule has 0 aliphatic rings. The predicted octanol–water partition coefficient (Wildman–Crippen LogP) is 0.462. The summed E-state index contributed by atoms with van der Waals surface area (Å²) in [6.07, 6.45) is -0.939. The summed E-state index contributed by atoms with van der Waals surface area (Å²) in [7, 11) is 1.48. The monoisotopic (exact) mass is 282 g/mol. The van der Waals surface area contributed by atoms with Crippen LogP contribution in [0.4, 0.5) is 16.2 Å². The van der Waals surface area contributed by atoms with Gasteiger partial charge in [-0.1, -0.05) is 6.07 Å². The molecule has 0 atom stereocenters. The number of hydrogen-bond acceptors (Lipinski definition) is 6. The molecule has 1 aromatic rings. The Labute approximate surface area is 114 Å². The van der Waals surface area contributed by atoms with Crippen molar-refractivity contribution in [3.8, 4) is 0 Å². The van der Waals surface area contributed by atoms with Crippen LogP contribution in [0.25, 0.3) is 0 Å². The van der Waals surface area contributed by atoms with E-state index < -0.39 is 16.9 Å². The maximum Gasteiger partial charge on any atom is 0.404 e. The number of nitro benzene ring substituents is 1. The highest BCUT2D eigenvalue weighted by atomic mass is 16.6. The fourth-order valence-electron chi connectivity index (χ4n) is 1.56. The molecule has 0 radical (unpaired) electrons.